The third kappa shape index (κ3) is 4.56. The van der Waals surface area contributed by atoms with E-state index in [0.717, 1.165) is 36.8 Å². The minimum absolute atomic E-state index is 0.0803. The van der Waals surface area contributed by atoms with Gasteiger partial charge in [-0.3, -0.25) is 14.3 Å². The van der Waals surface area contributed by atoms with Crippen molar-refractivity contribution in [2.75, 3.05) is 0 Å². The summed E-state index contributed by atoms with van der Waals surface area (Å²) in [4.78, 5) is 29.1. The van der Waals surface area contributed by atoms with E-state index in [4.69, 9.17) is 5.10 Å². The van der Waals surface area contributed by atoms with E-state index in [2.05, 4.69) is 5.32 Å². The Morgan fingerprint density at radius 3 is 2.74 bits per heavy atom. The molecule has 2 aliphatic rings. The van der Waals surface area contributed by atoms with E-state index in [1.807, 2.05) is 62.0 Å². The Bertz CT molecular complexity index is 965. The van der Waals surface area contributed by atoms with Crippen LogP contribution in [-0.4, -0.2) is 32.5 Å². The first-order valence-electron chi connectivity index (χ1n) is 10.9. The quantitative estimate of drug-likeness (QED) is 0.787. The highest BCUT2D eigenvalue weighted by molar-refractivity contribution is 8.01. The molecule has 0 bridgehead atoms. The smallest absolute Gasteiger partial charge is 0.252 e. The lowest BCUT2D eigenvalue weighted by Gasteiger charge is -2.40. The van der Waals surface area contributed by atoms with Crippen molar-refractivity contribution in [3.05, 3.63) is 64.8 Å². The minimum atomic E-state index is -1.20. The van der Waals surface area contributed by atoms with Gasteiger partial charge in [-0.1, -0.05) is 49.2 Å². The molecule has 2 heterocycles. The third-order valence-corrected chi connectivity index (χ3v) is 7.11. The summed E-state index contributed by atoms with van der Waals surface area (Å²) in [6.07, 6.45) is 8.35. The predicted octanol–water partition coefficient (Wildman–Crippen LogP) is 3.87. The first kappa shape index (κ1) is 21.7. The maximum Gasteiger partial charge on any atom is 0.252 e. The molecule has 164 valence electrons. The number of aromatic nitrogens is 2. The van der Waals surface area contributed by atoms with Crippen molar-refractivity contribution in [3.63, 3.8) is 0 Å². The number of aryl methyl sites for hydroxylation is 1. The molecule has 6 nitrogen and oxygen atoms in total. The number of thioether (sulfide) groups is 1. The molecule has 0 saturated heterocycles. The fourth-order valence-electron chi connectivity index (χ4n) is 4.53. The number of carbonyl (C=O) groups is 2. The molecule has 2 aromatic rings. The molecule has 2 amide bonds. The number of benzene rings is 1. The highest BCUT2D eigenvalue weighted by Crippen LogP contribution is 2.35. The fourth-order valence-corrected chi connectivity index (χ4v) is 5.25. The number of nitrogens with zero attached hydrogens (tertiary/aromatic N) is 3. The molecular formula is C24H30N4O2S. The van der Waals surface area contributed by atoms with Crippen LogP contribution in [0.15, 0.2) is 48.0 Å². The molecule has 1 aliphatic carbocycles. The summed E-state index contributed by atoms with van der Waals surface area (Å²) in [7, 11) is 1.87. The summed E-state index contributed by atoms with van der Waals surface area (Å²) in [5.74, 6) is 0.487. The standard InChI is InChI=1S/C24H30N4O2S/c1-24(23(30)25-20-11-6-7-12-20)22-19(16-27(2)26-22)17-31-14-8-13-21(29)28(24)15-18-9-4-3-5-10-18/h3-5,8-10,14,16,20H,6-7,11-13,15,17H2,1-2H3,(H,25,30)/b14-8-. The Kier molecular flexibility index (Phi) is 6.51. The molecule has 4 rings (SSSR count). The van der Waals surface area contributed by atoms with Gasteiger partial charge in [-0.15, -0.1) is 11.8 Å². The van der Waals surface area contributed by atoms with Crippen molar-refractivity contribution in [1.82, 2.24) is 20.0 Å². The van der Waals surface area contributed by atoms with Gasteiger partial charge in [0.2, 0.25) is 5.91 Å². The zero-order valence-electron chi connectivity index (χ0n) is 18.2. The van der Waals surface area contributed by atoms with Crippen LogP contribution in [0.5, 0.6) is 0 Å². The lowest BCUT2D eigenvalue weighted by atomic mass is 9.89. The normalized spacial score (nSPS) is 23.4. The van der Waals surface area contributed by atoms with E-state index >= 15 is 0 Å². The SMILES string of the molecule is Cn1cc2c(n1)C(C)(C(=O)NC1CCCC1)N(Cc1ccccc1)C(=O)C/C=C\SC2. The third-order valence-electron chi connectivity index (χ3n) is 6.25. The van der Waals surface area contributed by atoms with E-state index in [-0.39, 0.29) is 24.3 Å². The van der Waals surface area contributed by atoms with Gasteiger partial charge in [0.25, 0.3) is 5.91 Å². The van der Waals surface area contributed by atoms with Gasteiger partial charge in [-0.05, 0) is 30.7 Å². The fraction of sp³-hybridized carbons (Fsp3) is 0.458. The van der Waals surface area contributed by atoms with Gasteiger partial charge in [0.05, 0.1) is 0 Å². The van der Waals surface area contributed by atoms with E-state index in [0.29, 0.717) is 18.0 Å². The lowest BCUT2D eigenvalue weighted by Crippen LogP contribution is -2.58. The van der Waals surface area contributed by atoms with Gasteiger partial charge < -0.3 is 10.2 Å². The van der Waals surface area contributed by atoms with Gasteiger partial charge in [-0.25, -0.2) is 0 Å². The highest BCUT2D eigenvalue weighted by Gasteiger charge is 2.47. The van der Waals surface area contributed by atoms with Gasteiger partial charge in [-0.2, -0.15) is 5.10 Å². The van der Waals surface area contributed by atoms with Crippen molar-refractivity contribution in [2.24, 2.45) is 7.05 Å². The van der Waals surface area contributed by atoms with Crippen molar-refractivity contribution in [2.45, 2.75) is 62.9 Å². The van der Waals surface area contributed by atoms with Crippen LogP contribution in [0.4, 0.5) is 0 Å². The van der Waals surface area contributed by atoms with E-state index in [9.17, 15) is 9.59 Å². The van der Waals surface area contributed by atoms with Crippen molar-refractivity contribution < 1.29 is 9.59 Å². The van der Waals surface area contributed by atoms with Crippen LogP contribution in [0, 0.1) is 0 Å². The second-order valence-electron chi connectivity index (χ2n) is 8.56. The van der Waals surface area contributed by atoms with Crippen LogP contribution < -0.4 is 5.32 Å². The van der Waals surface area contributed by atoms with Crippen molar-refractivity contribution in [1.29, 1.82) is 0 Å². The first-order chi connectivity index (χ1) is 15.0. The predicted molar refractivity (Wildman–Crippen MR) is 123 cm³/mol. The molecular weight excluding hydrogens is 408 g/mol. The molecule has 1 aromatic heterocycles. The molecule has 1 unspecified atom stereocenters. The van der Waals surface area contributed by atoms with Crippen molar-refractivity contribution >= 4 is 23.6 Å². The van der Waals surface area contributed by atoms with Crippen LogP contribution in [0.3, 0.4) is 0 Å². The van der Waals surface area contributed by atoms with E-state index in [1.54, 1.807) is 21.3 Å². The number of carbonyl (C=O) groups excluding carboxylic acids is 2. The second-order valence-corrected chi connectivity index (χ2v) is 9.45. The molecule has 1 saturated carbocycles. The Morgan fingerprint density at radius 2 is 2.00 bits per heavy atom. The number of hydrogen-bond donors (Lipinski definition) is 1. The van der Waals surface area contributed by atoms with Gasteiger partial charge in [0.1, 0.15) is 5.69 Å². The second kappa shape index (κ2) is 9.30. The monoisotopic (exact) mass is 438 g/mol. The van der Waals surface area contributed by atoms with Crippen LogP contribution in [0.2, 0.25) is 0 Å². The molecule has 1 aliphatic heterocycles. The van der Waals surface area contributed by atoms with Crippen molar-refractivity contribution in [3.8, 4) is 0 Å². The van der Waals surface area contributed by atoms with Crippen LogP contribution >= 0.6 is 11.8 Å². The average molecular weight is 439 g/mol. The maximum absolute atomic E-state index is 13.9. The molecule has 1 fully saturated rings. The number of nitrogens with one attached hydrogen (secondary N) is 1. The molecule has 31 heavy (non-hydrogen) atoms. The summed E-state index contributed by atoms with van der Waals surface area (Å²) in [5.41, 5.74) is 1.44. The zero-order chi connectivity index (χ0) is 21.8. The van der Waals surface area contributed by atoms with Gasteiger partial charge >= 0.3 is 0 Å². The molecule has 0 radical (unpaired) electrons. The summed E-state index contributed by atoms with van der Waals surface area (Å²) in [6.45, 7) is 2.21. The highest BCUT2D eigenvalue weighted by atomic mass is 32.2. The number of hydrogen-bond acceptors (Lipinski definition) is 4. The van der Waals surface area contributed by atoms with Crippen LogP contribution in [-0.2, 0) is 34.5 Å². The molecule has 1 N–H and O–H groups in total. The average Bonchev–Trinajstić information content (AvgIpc) is 3.41. The summed E-state index contributed by atoms with van der Waals surface area (Å²) in [6, 6.07) is 10.0. The molecule has 1 atom stereocenters. The van der Waals surface area contributed by atoms with Crippen LogP contribution in [0.1, 0.15) is 55.8 Å². The van der Waals surface area contributed by atoms with E-state index < -0.39 is 5.54 Å². The minimum Gasteiger partial charge on any atom is -0.351 e. The number of fused-ring (bicyclic) bond motifs is 1. The van der Waals surface area contributed by atoms with E-state index in [1.165, 1.54) is 0 Å². The Labute approximate surface area is 188 Å². The largest absolute Gasteiger partial charge is 0.351 e. The number of amides is 2. The lowest BCUT2D eigenvalue weighted by molar-refractivity contribution is -0.149. The van der Waals surface area contributed by atoms with Gasteiger partial charge in [0.15, 0.2) is 5.54 Å². The summed E-state index contributed by atoms with van der Waals surface area (Å²) >= 11 is 1.62. The summed E-state index contributed by atoms with van der Waals surface area (Å²) < 4.78 is 1.75. The summed E-state index contributed by atoms with van der Waals surface area (Å²) in [5, 5.41) is 9.95. The Hall–Kier alpha value is -2.54. The topological polar surface area (TPSA) is 67.2 Å². The van der Waals surface area contributed by atoms with Gasteiger partial charge in [0, 0.05) is 43.6 Å². The first-order valence-corrected chi connectivity index (χ1v) is 12.0. The number of rotatable bonds is 4. The zero-order valence-corrected chi connectivity index (χ0v) is 19.0. The molecule has 0 spiro atoms. The Balaban J connectivity index is 1.81. The molecule has 1 aromatic carbocycles. The Morgan fingerprint density at radius 1 is 1.26 bits per heavy atom. The maximum atomic E-state index is 13.9. The van der Waals surface area contributed by atoms with Crippen LogP contribution in [0.25, 0.3) is 0 Å². The molecule has 7 heteroatoms.